The Labute approximate surface area is 105 Å². The lowest BCUT2D eigenvalue weighted by Gasteiger charge is -2.04. The van der Waals surface area contributed by atoms with E-state index in [1.807, 2.05) is 20.9 Å². The molecule has 6 nitrogen and oxygen atoms in total. The van der Waals surface area contributed by atoms with E-state index in [-0.39, 0.29) is 5.91 Å². The smallest absolute Gasteiger partial charge is 0.224 e. The second-order valence-electron chi connectivity index (χ2n) is 4.30. The zero-order valence-electron chi connectivity index (χ0n) is 10.8. The molecule has 0 spiro atoms. The van der Waals surface area contributed by atoms with Gasteiger partial charge in [0, 0.05) is 24.5 Å². The molecule has 0 atom stereocenters. The summed E-state index contributed by atoms with van der Waals surface area (Å²) in [5.74, 6) is -0.0104. The van der Waals surface area contributed by atoms with Crippen molar-refractivity contribution >= 4 is 5.91 Å². The zero-order chi connectivity index (χ0) is 13.1. The first-order chi connectivity index (χ1) is 8.58. The molecule has 1 amide bonds. The van der Waals surface area contributed by atoms with Gasteiger partial charge >= 0.3 is 0 Å². The fourth-order valence-corrected chi connectivity index (χ4v) is 1.87. The van der Waals surface area contributed by atoms with Crippen molar-refractivity contribution < 1.29 is 4.79 Å². The average molecular weight is 247 g/mol. The number of carbonyl (C=O) groups excluding carboxylic acids is 1. The molecule has 18 heavy (non-hydrogen) atoms. The van der Waals surface area contributed by atoms with Crippen molar-refractivity contribution in [2.24, 2.45) is 7.05 Å². The number of aromatic amines is 1. The Hall–Kier alpha value is -2.11. The second-order valence-corrected chi connectivity index (χ2v) is 4.30. The van der Waals surface area contributed by atoms with Gasteiger partial charge in [-0.1, -0.05) is 0 Å². The molecule has 2 aromatic heterocycles. The molecule has 0 fully saturated rings. The van der Waals surface area contributed by atoms with Crippen LogP contribution in [0.1, 0.15) is 22.6 Å². The minimum atomic E-state index is -0.0104. The third kappa shape index (κ3) is 2.58. The molecule has 96 valence electrons. The highest BCUT2D eigenvalue weighted by Crippen LogP contribution is 2.12. The molecule has 0 aromatic carbocycles. The quantitative estimate of drug-likeness (QED) is 0.831. The summed E-state index contributed by atoms with van der Waals surface area (Å²) in [6, 6.07) is 0. The maximum absolute atomic E-state index is 11.8. The number of hydrogen-bond acceptors (Lipinski definition) is 3. The molecule has 6 heteroatoms. The molecule has 0 bridgehead atoms. The first-order valence-electron chi connectivity index (χ1n) is 5.81. The minimum absolute atomic E-state index is 0.0104. The van der Waals surface area contributed by atoms with E-state index >= 15 is 0 Å². The summed E-state index contributed by atoms with van der Waals surface area (Å²) in [7, 11) is 1.88. The predicted octanol–water partition coefficient (Wildman–Crippen LogP) is 0.619. The van der Waals surface area contributed by atoms with Crippen LogP contribution in [-0.2, 0) is 24.8 Å². The summed E-state index contributed by atoms with van der Waals surface area (Å²) in [4.78, 5) is 18.7. The SMILES string of the molecule is Cc1nn(C)c(C)c1CC(=O)NCc1cnc[nH]1. The number of imidazole rings is 1. The van der Waals surface area contributed by atoms with Gasteiger partial charge < -0.3 is 10.3 Å². The van der Waals surface area contributed by atoms with E-state index in [0.29, 0.717) is 13.0 Å². The minimum Gasteiger partial charge on any atom is -0.350 e. The molecule has 0 aliphatic heterocycles. The Bertz CT molecular complexity index is 541. The number of rotatable bonds is 4. The van der Waals surface area contributed by atoms with E-state index in [0.717, 1.165) is 22.6 Å². The number of nitrogens with one attached hydrogen (secondary N) is 2. The summed E-state index contributed by atoms with van der Waals surface area (Å²) in [5.41, 5.74) is 3.83. The maximum Gasteiger partial charge on any atom is 0.224 e. The number of carbonyl (C=O) groups is 1. The van der Waals surface area contributed by atoms with E-state index < -0.39 is 0 Å². The Kier molecular flexibility index (Phi) is 3.45. The topological polar surface area (TPSA) is 75.6 Å². The van der Waals surface area contributed by atoms with Crippen LogP contribution in [-0.4, -0.2) is 25.7 Å². The van der Waals surface area contributed by atoms with E-state index in [2.05, 4.69) is 20.4 Å². The van der Waals surface area contributed by atoms with Crippen LogP contribution in [0.4, 0.5) is 0 Å². The summed E-state index contributed by atoms with van der Waals surface area (Å²) >= 11 is 0. The molecule has 0 unspecified atom stereocenters. The summed E-state index contributed by atoms with van der Waals surface area (Å²) < 4.78 is 1.80. The molecule has 0 radical (unpaired) electrons. The van der Waals surface area contributed by atoms with E-state index in [9.17, 15) is 4.79 Å². The lowest BCUT2D eigenvalue weighted by atomic mass is 10.1. The first kappa shape index (κ1) is 12.3. The zero-order valence-corrected chi connectivity index (χ0v) is 10.8. The first-order valence-corrected chi connectivity index (χ1v) is 5.81. The number of hydrogen-bond donors (Lipinski definition) is 2. The molecular formula is C12H17N5O. The predicted molar refractivity (Wildman–Crippen MR) is 66.8 cm³/mol. The van der Waals surface area contributed by atoms with Gasteiger partial charge in [0.05, 0.1) is 30.7 Å². The molecular weight excluding hydrogens is 230 g/mol. The van der Waals surface area contributed by atoms with Crippen molar-refractivity contribution in [3.63, 3.8) is 0 Å². The van der Waals surface area contributed by atoms with Crippen molar-refractivity contribution in [2.45, 2.75) is 26.8 Å². The Morgan fingerprint density at radius 3 is 2.83 bits per heavy atom. The molecule has 2 heterocycles. The van der Waals surface area contributed by atoms with Crippen molar-refractivity contribution in [3.8, 4) is 0 Å². The van der Waals surface area contributed by atoms with Gasteiger partial charge in [0.15, 0.2) is 0 Å². The standard InChI is InChI=1S/C12H17N5O/c1-8-11(9(2)17(3)16-8)4-12(18)14-6-10-5-13-7-15-10/h5,7H,4,6H2,1-3H3,(H,13,15)(H,14,18). The normalized spacial score (nSPS) is 10.6. The lowest BCUT2D eigenvalue weighted by molar-refractivity contribution is -0.120. The van der Waals surface area contributed by atoms with Crippen LogP contribution >= 0.6 is 0 Å². The molecule has 2 rings (SSSR count). The number of aryl methyl sites for hydroxylation is 2. The fourth-order valence-electron chi connectivity index (χ4n) is 1.87. The summed E-state index contributed by atoms with van der Waals surface area (Å²) in [6.07, 6.45) is 3.65. The van der Waals surface area contributed by atoms with Gasteiger partial charge in [0.25, 0.3) is 0 Å². The van der Waals surface area contributed by atoms with Gasteiger partial charge in [0.1, 0.15) is 0 Å². The van der Waals surface area contributed by atoms with Crippen molar-refractivity contribution in [2.75, 3.05) is 0 Å². The van der Waals surface area contributed by atoms with Crippen LogP contribution in [0.3, 0.4) is 0 Å². The lowest BCUT2D eigenvalue weighted by Crippen LogP contribution is -2.25. The number of amides is 1. The molecule has 0 aliphatic rings. The highest BCUT2D eigenvalue weighted by atomic mass is 16.1. The molecule has 0 saturated heterocycles. The highest BCUT2D eigenvalue weighted by Gasteiger charge is 2.13. The van der Waals surface area contributed by atoms with Crippen LogP contribution in [0.2, 0.25) is 0 Å². The average Bonchev–Trinajstić information content (AvgIpc) is 2.92. The van der Waals surface area contributed by atoms with Gasteiger partial charge in [-0.15, -0.1) is 0 Å². The van der Waals surface area contributed by atoms with Crippen molar-refractivity contribution in [1.29, 1.82) is 0 Å². The highest BCUT2D eigenvalue weighted by molar-refractivity contribution is 5.79. The Morgan fingerprint density at radius 2 is 2.28 bits per heavy atom. The van der Waals surface area contributed by atoms with Crippen molar-refractivity contribution in [3.05, 3.63) is 35.2 Å². The van der Waals surface area contributed by atoms with Crippen LogP contribution in [0.25, 0.3) is 0 Å². The summed E-state index contributed by atoms with van der Waals surface area (Å²) in [5, 5.41) is 7.14. The van der Waals surface area contributed by atoms with Gasteiger partial charge in [0.2, 0.25) is 5.91 Å². The number of H-pyrrole nitrogens is 1. The Balaban J connectivity index is 1.95. The molecule has 2 N–H and O–H groups in total. The third-order valence-electron chi connectivity index (χ3n) is 3.03. The monoisotopic (exact) mass is 247 g/mol. The second kappa shape index (κ2) is 5.03. The van der Waals surface area contributed by atoms with Crippen LogP contribution in [0.5, 0.6) is 0 Å². The van der Waals surface area contributed by atoms with Gasteiger partial charge in [-0.05, 0) is 13.8 Å². The largest absolute Gasteiger partial charge is 0.350 e. The van der Waals surface area contributed by atoms with E-state index in [1.54, 1.807) is 17.2 Å². The maximum atomic E-state index is 11.8. The Morgan fingerprint density at radius 1 is 1.50 bits per heavy atom. The van der Waals surface area contributed by atoms with Crippen molar-refractivity contribution in [1.82, 2.24) is 25.1 Å². The third-order valence-corrected chi connectivity index (χ3v) is 3.03. The van der Waals surface area contributed by atoms with Crippen LogP contribution < -0.4 is 5.32 Å². The molecule has 0 saturated carbocycles. The molecule has 0 aliphatic carbocycles. The van der Waals surface area contributed by atoms with Gasteiger partial charge in [-0.3, -0.25) is 9.48 Å². The number of aromatic nitrogens is 4. The molecule has 2 aromatic rings. The summed E-state index contributed by atoms with van der Waals surface area (Å²) in [6.45, 7) is 4.36. The van der Waals surface area contributed by atoms with Gasteiger partial charge in [-0.25, -0.2) is 4.98 Å². The van der Waals surface area contributed by atoms with E-state index in [4.69, 9.17) is 0 Å². The van der Waals surface area contributed by atoms with Crippen LogP contribution in [0, 0.1) is 13.8 Å². The van der Waals surface area contributed by atoms with Gasteiger partial charge in [-0.2, -0.15) is 5.10 Å². The fraction of sp³-hybridized carbons (Fsp3) is 0.417. The van der Waals surface area contributed by atoms with E-state index in [1.165, 1.54) is 0 Å². The van der Waals surface area contributed by atoms with Crippen LogP contribution in [0.15, 0.2) is 12.5 Å². The number of nitrogens with zero attached hydrogens (tertiary/aromatic N) is 3.